The molecule has 0 saturated carbocycles. The lowest BCUT2D eigenvalue weighted by atomic mass is 9.78. The van der Waals surface area contributed by atoms with Gasteiger partial charge in [-0.05, 0) is 87.4 Å². The first-order valence-corrected chi connectivity index (χ1v) is 13.6. The summed E-state index contributed by atoms with van der Waals surface area (Å²) in [6.45, 7) is 15.3. The summed E-state index contributed by atoms with van der Waals surface area (Å²) in [5.74, 6) is 0.0142. The second-order valence-corrected chi connectivity index (χ2v) is 11.1. The van der Waals surface area contributed by atoms with E-state index in [1.54, 1.807) is 7.11 Å². The summed E-state index contributed by atoms with van der Waals surface area (Å²) in [7, 11) is 1.66. The zero-order chi connectivity index (χ0) is 27.3. The van der Waals surface area contributed by atoms with Crippen LogP contribution in [0.2, 0.25) is 0 Å². The van der Waals surface area contributed by atoms with Crippen LogP contribution in [0.5, 0.6) is 5.75 Å². The normalized spacial score (nSPS) is 27.6. The largest absolute Gasteiger partial charge is 0.497 e. The molecular formula is C33H42O5. The summed E-state index contributed by atoms with van der Waals surface area (Å²) in [6, 6.07) is 7.87. The van der Waals surface area contributed by atoms with Crippen molar-refractivity contribution >= 4 is 5.78 Å². The molecule has 0 N–H and O–H groups in total. The van der Waals surface area contributed by atoms with Crippen molar-refractivity contribution in [3.8, 4) is 5.75 Å². The van der Waals surface area contributed by atoms with Gasteiger partial charge in [-0.25, -0.2) is 0 Å². The minimum atomic E-state index is -0.911. The highest BCUT2D eigenvalue weighted by Crippen LogP contribution is 2.44. The quantitative estimate of drug-likeness (QED) is 0.307. The standard InChI is InChI=1S/C33H42O5/c1-22(2)8-7-9-23(3)14-29-15-24(4)18-33(37-29)19-27(30-17-31(34)25(5)16-32(30)38-33)21-36-20-26-10-12-28(35-6)13-11-26/h10-14,16,19,29-30,32H,1,4,7-9,15,17-18,20-21H2,2-3,5-6H3/b23-14+/t29-,30-,32-,33+/m0/s1. The Morgan fingerprint density at radius 1 is 1.13 bits per heavy atom. The molecule has 38 heavy (non-hydrogen) atoms. The highest BCUT2D eigenvalue weighted by atomic mass is 16.7. The van der Waals surface area contributed by atoms with E-state index in [1.807, 2.05) is 37.3 Å². The van der Waals surface area contributed by atoms with E-state index in [0.717, 1.165) is 53.7 Å². The predicted octanol–water partition coefficient (Wildman–Crippen LogP) is 7.20. The molecule has 0 unspecified atom stereocenters. The number of carbonyl (C=O) groups excluding carboxylic acids is 1. The second kappa shape index (κ2) is 12.4. The third kappa shape index (κ3) is 7.22. The molecule has 5 heteroatoms. The molecule has 1 aromatic carbocycles. The Bertz CT molecular complexity index is 1140. The van der Waals surface area contributed by atoms with Gasteiger partial charge < -0.3 is 18.9 Å². The molecule has 4 rings (SSSR count). The molecule has 0 radical (unpaired) electrons. The summed E-state index contributed by atoms with van der Waals surface area (Å²) >= 11 is 0. The molecular weight excluding hydrogens is 476 g/mol. The van der Waals surface area contributed by atoms with Crippen molar-refractivity contribution in [2.75, 3.05) is 13.7 Å². The maximum atomic E-state index is 12.6. The van der Waals surface area contributed by atoms with Gasteiger partial charge in [-0.3, -0.25) is 4.79 Å². The molecule has 1 aromatic rings. The molecule has 4 atom stereocenters. The third-order valence-electron chi connectivity index (χ3n) is 7.55. The van der Waals surface area contributed by atoms with Crippen LogP contribution in [0.4, 0.5) is 0 Å². The van der Waals surface area contributed by atoms with Crippen LogP contribution < -0.4 is 4.74 Å². The molecule has 1 fully saturated rings. The number of Topliss-reactive ketones (excluding diaryl/α,β-unsaturated/α-hetero) is 1. The van der Waals surface area contributed by atoms with Gasteiger partial charge in [0.15, 0.2) is 11.6 Å². The van der Waals surface area contributed by atoms with E-state index in [9.17, 15) is 4.79 Å². The fourth-order valence-corrected chi connectivity index (χ4v) is 5.56. The molecule has 5 nitrogen and oxygen atoms in total. The number of hydrogen-bond donors (Lipinski definition) is 0. The molecule has 0 bridgehead atoms. The van der Waals surface area contributed by atoms with Gasteiger partial charge in [-0.1, -0.05) is 41.5 Å². The van der Waals surface area contributed by atoms with Crippen LogP contribution in [0.15, 0.2) is 83.5 Å². The number of benzene rings is 1. The predicted molar refractivity (Wildman–Crippen MR) is 151 cm³/mol. The molecule has 1 aliphatic carbocycles. The molecule has 0 amide bonds. The van der Waals surface area contributed by atoms with Gasteiger partial charge >= 0.3 is 0 Å². The zero-order valence-electron chi connectivity index (χ0n) is 23.4. The lowest BCUT2D eigenvalue weighted by molar-refractivity contribution is -0.257. The van der Waals surface area contributed by atoms with E-state index >= 15 is 0 Å². The maximum Gasteiger partial charge on any atom is 0.193 e. The van der Waals surface area contributed by atoms with Gasteiger partial charge in [0.25, 0.3) is 0 Å². The van der Waals surface area contributed by atoms with Crippen molar-refractivity contribution in [1.82, 2.24) is 0 Å². The highest BCUT2D eigenvalue weighted by molar-refractivity contribution is 5.96. The number of ketones is 1. The van der Waals surface area contributed by atoms with Crippen molar-refractivity contribution in [1.29, 1.82) is 0 Å². The molecule has 2 aliphatic heterocycles. The van der Waals surface area contributed by atoms with Gasteiger partial charge in [0.1, 0.15) is 5.75 Å². The number of allylic oxidation sites excluding steroid dienone is 3. The van der Waals surface area contributed by atoms with Gasteiger partial charge in [0.05, 0.1) is 32.5 Å². The van der Waals surface area contributed by atoms with Crippen LogP contribution in [-0.4, -0.2) is 37.5 Å². The Hall–Kier alpha value is -2.73. The Labute approximate surface area is 227 Å². The molecule has 1 spiro atoms. The summed E-state index contributed by atoms with van der Waals surface area (Å²) in [5.41, 5.74) is 6.50. The number of rotatable bonds is 10. The molecule has 0 aromatic heterocycles. The summed E-state index contributed by atoms with van der Waals surface area (Å²) in [5, 5.41) is 0. The molecule has 2 heterocycles. The Kier molecular flexibility index (Phi) is 9.24. The molecule has 1 saturated heterocycles. The average Bonchev–Trinajstić information content (AvgIpc) is 2.85. The number of methoxy groups -OCH3 is 1. The summed E-state index contributed by atoms with van der Waals surface area (Å²) in [4.78, 5) is 12.6. The van der Waals surface area contributed by atoms with Gasteiger partial charge in [-0.2, -0.15) is 0 Å². The Morgan fingerprint density at radius 2 is 1.89 bits per heavy atom. The fraction of sp³-hybridized carbons (Fsp3) is 0.485. The molecule has 3 aliphatic rings. The van der Waals surface area contributed by atoms with Gasteiger partial charge in [0, 0.05) is 18.8 Å². The lowest BCUT2D eigenvalue weighted by Crippen LogP contribution is -2.50. The summed E-state index contributed by atoms with van der Waals surface area (Å²) < 4.78 is 24.7. The monoisotopic (exact) mass is 518 g/mol. The van der Waals surface area contributed by atoms with E-state index < -0.39 is 5.79 Å². The lowest BCUT2D eigenvalue weighted by Gasteiger charge is -2.47. The first-order chi connectivity index (χ1) is 18.2. The van der Waals surface area contributed by atoms with Crippen LogP contribution in [-0.2, 0) is 25.6 Å². The van der Waals surface area contributed by atoms with Crippen molar-refractivity contribution in [2.24, 2.45) is 5.92 Å². The Balaban J connectivity index is 1.52. The van der Waals surface area contributed by atoms with E-state index in [4.69, 9.17) is 18.9 Å². The van der Waals surface area contributed by atoms with Gasteiger partial charge in [-0.15, -0.1) is 6.58 Å². The van der Waals surface area contributed by atoms with Crippen molar-refractivity contribution in [2.45, 2.75) is 83.9 Å². The van der Waals surface area contributed by atoms with Gasteiger partial charge in [0.2, 0.25) is 0 Å². The van der Waals surface area contributed by atoms with Crippen LogP contribution in [0.3, 0.4) is 0 Å². The maximum absolute atomic E-state index is 12.6. The third-order valence-corrected chi connectivity index (χ3v) is 7.55. The van der Waals surface area contributed by atoms with Crippen LogP contribution in [0.25, 0.3) is 0 Å². The first kappa shape index (κ1) is 28.3. The number of hydrogen-bond acceptors (Lipinski definition) is 5. The summed E-state index contributed by atoms with van der Waals surface area (Å²) in [6.07, 6.45) is 10.9. The topological polar surface area (TPSA) is 54.0 Å². The Morgan fingerprint density at radius 3 is 2.61 bits per heavy atom. The SMILES string of the molecule is C=C(C)CCC/C(C)=C/[C@H]1CC(=C)C[C@@]2(C=C(COCc3ccc(OC)cc3)[C@@H]3CC(=O)C(C)=C[C@@H]3O2)O1. The average molecular weight is 519 g/mol. The number of ether oxygens (including phenoxy) is 4. The van der Waals surface area contributed by atoms with E-state index in [1.165, 1.54) is 11.1 Å². The van der Waals surface area contributed by atoms with Crippen molar-refractivity contribution < 1.29 is 23.7 Å². The van der Waals surface area contributed by atoms with Crippen molar-refractivity contribution in [3.63, 3.8) is 0 Å². The van der Waals surface area contributed by atoms with Crippen LogP contribution >= 0.6 is 0 Å². The smallest absolute Gasteiger partial charge is 0.193 e. The minimum Gasteiger partial charge on any atom is -0.497 e. The number of carbonyl (C=O) groups is 1. The first-order valence-electron chi connectivity index (χ1n) is 13.6. The van der Waals surface area contributed by atoms with Crippen LogP contribution in [0, 0.1) is 5.92 Å². The molecule has 204 valence electrons. The highest BCUT2D eigenvalue weighted by Gasteiger charge is 2.47. The van der Waals surface area contributed by atoms with E-state index in [0.29, 0.717) is 26.1 Å². The second-order valence-electron chi connectivity index (χ2n) is 11.1. The van der Waals surface area contributed by atoms with Crippen LogP contribution in [0.1, 0.15) is 64.9 Å². The van der Waals surface area contributed by atoms with E-state index in [2.05, 4.69) is 39.2 Å². The van der Waals surface area contributed by atoms with E-state index in [-0.39, 0.29) is 23.9 Å². The fourth-order valence-electron chi connectivity index (χ4n) is 5.56. The number of fused-ring (bicyclic) bond motifs is 1. The zero-order valence-corrected chi connectivity index (χ0v) is 23.4. The minimum absolute atomic E-state index is 0.0515. The van der Waals surface area contributed by atoms with Crippen molar-refractivity contribution in [3.05, 3.63) is 89.1 Å².